The van der Waals surface area contributed by atoms with Gasteiger partial charge in [0.25, 0.3) is 0 Å². The van der Waals surface area contributed by atoms with Crippen LogP contribution in [0.15, 0.2) is 4.36 Å². The summed E-state index contributed by atoms with van der Waals surface area (Å²) < 4.78 is 8.69. The fraction of sp³-hybridized carbons (Fsp3) is 0.917. The highest BCUT2D eigenvalue weighted by atomic mass is 32.1. The number of rotatable bonds is 10. The number of hydrogen-bond acceptors (Lipinski definition) is 4. The second kappa shape index (κ2) is 11.0. The third-order valence-electron chi connectivity index (χ3n) is 2.97. The van der Waals surface area contributed by atoms with Crippen LogP contribution in [0.2, 0.25) is 0 Å². The number of unbranched alkanes of at least 4 members (excludes halogenated alkanes) is 3. The molecule has 0 spiro atoms. The molecular weight excluding hydrogens is 253 g/mol. The van der Waals surface area contributed by atoms with Crippen LogP contribution in [0.4, 0.5) is 0 Å². The summed E-state index contributed by atoms with van der Waals surface area (Å²) in [6.45, 7) is 4.25. The van der Waals surface area contributed by atoms with Crippen molar-refractivity contribution in [2.75, 3.05) is 0 Å². The van der Waals surface area contributed by atoms with Gasteiger partial charge in [0, 0.05) is 12.4 Å². The van der Waals surface area contributed by atoms with Crippen LogP contribution in [0.25, 0.3) is 0 Å². The molecule has 0 N–H and O–H groups in total. The fourth-order valence-corrected chi connectivity index (χ4v) is 2.40. The van der Waals surface area contributed by atoms with Crippen molar-refractivity contribution in [1.29, 1.82) is 0 Å². The largest absolute Gasteiger partial charge is 0.451 e. The van der Waals surface area contributed by atoms with Crippen LogP contribution in [-0.2, 0) is 21.7 Å². The van der Waals surface area contributed by atoms with E-state index in [1.807, 2.05) is 9.47 Å². The Morgan fingerprint density at radius 3 is 2.41 bits per heavy atom. The van der Waals surface area contributed by atoms with E-state index in [2.05, 4.69) is 18.2 Å². The standard InChI is InChI=1S/C12H24NO2PS/c1-3-5-6-7-9-10(12(14)15-16)11(13-17)8-4-2/h10-11H,3-9,16H2,1-2H3. The Labute approximate surface area is 113 Å². The second-order valence-electron chi connectivity index (χ2n) is 4.35. The topological polar surface area (TPSA) is 38.7 Å². The summed E-state index contributed by atoms with van der Waals surface area (Å²) in [4.78, 5) is 11.7. The first-order chi connectivity index (χ1) is 8.21. The van der Waals surface area contributed by atoms with Crippen LogP contribution in [0.3, 0.4) is 0 Å². The molecule has 0 aromatic carbocycles. The van der Waals surface area contributed by atoms with E-state index in [-0.39, 0.29) is 17.9 Å². The zero-order valence-corrected chi connectivity index (χ0v) is 12.8. The molecule has 0 bridgehead atoms. The van der Waals surface area contributed by atoms with Gasteiger partial charge in [0.1, 0.15) is 0 Å². The van der Waals surface area contributed by atoms with Crippen molar-refractivity contribution in [2.24, 2.45) is 10.3 Å². The van der Waals surface area contributed by atoms with Gasteiger partial charge in [0.05, 0.1) is 21.4 Å². The number of nitrogens with zero attached hydrogens (tertiary/aromatic N) is 1. The molecule has 0 fully saturated rings. The minimum absolute atomic E-state index is 0.0651. The summed E-state index contributed by atoms with van der Waals surface area (Å²) in [5.74, 6) is -0.361. The number of carbonyl (C=O) groups excluding carboxylic acids is 1. The summed E-state index contributed by atoms with van der Waals surface area (Å²) in [5.41, 5.74) is 0. The molecule has 0 radical (unpaired) electrons. The van der Waals surface area contributed by atoms with Gasteiger partial charge in [0.15, 0.2) is 0 Å². The average Bonchev–Trinajstić information content (AvgIpc) is 2.36. The second-order valence-corrected chi connectivity index (χ2v) is 4.80. The lowest BCUT2D eigenvalue weighted by atomic mass is 9.91. The van der Waals surface area contributed by atoms with Crippen molar-refractivity contribution in [2.45, 2.75) is 64.8 Å². The molecule has 3 atom stereocenters. The molecule has 0 aliphatic heterocycles. The Morgan fingerprint density at radius 1 is 1.24 bits per heavy atom. The summed E-state index contributed by atoms with van der Waals surface area (Å²) >= 11 is 4.79. The lowest BCUT2D eigenvalue weighted by Crippen LogP contribution is -2.27. The van der Waals surface area contributed by atoms with Gasteiger partial charge < -0.3 is 4.52 Å². The van der Waals surface area contributed by atoms with Crippen LogP contribution in [-0.4, -0.2) is 12.0 Å². The smallest absolute Gasteiger partial charge is 0.313 e. The van der Waals surface area contributed by atoms with Gasteiger partial charge in [0.2, 0.25) is 0 Å². The van der Waals surface area contributed by atoms with E-state index in [0.29, 0.717) is 0 Å². The lowest BCUT2D eigenvalue weighted by molar-refractivity contribution is -0.138. The van der Waals surface area contributed by atoms with Crippen molar-refractivity contribution in [3.8, 4) is 0 Å². The summed E-state index contributed by atoms with van der Waals surface area (Å²) in [7, 11) is 2.03. The molecule has 0 aromatic heterocycles. The molecule has 0 amide bonds. The van der Waals surface area contributed by atoms with Gasteiger partial charge in [-0.25, -0.2) is 4.36 Å². The Balaban J connectivity index is 4.30. The summed E-state index contributed by atoms with van der Waals surface area (Å²) in [6.07, 6.45) is 7.30. The van der Waals surface area contributed by atoms with E-state index in [9.17, 15) is 4.79 Å². The predicted octanol–water partition coefficient (Wildman–Crippen LogP) is 3.81. The summed E-state index contributed by atoms with van der Waals surface area (Å²) in [6, 6.07) is -0.0651. The van der Waals surface area contributed by atoms with Crippen molar-refractivity contribution in [1.82, 2.24) is 0 Å². The molecule has 17 heavy (non-hydrogen) atoms. The van der Waals surface area contributed by atoms with Gasteiger partial charge in [-0.05, 0) is 12.8 Å². The first kappa shape index (κ1) is 16.9. The average molecular weight is 277 g/mol. The van der Waals surface area contributed by atoms with E-state index in [1.54, 1.807) is 0 Å². The Kier molecular flexibility index (Phi) is 11.0. The monoisotopic (exact) mass is 277 g/mol. The van der Waals surface area contributed by atoms with Crippen molar-refractivity contribution in [3.63, 3.8) is 0 Å². The van der Waals surface area contributed by atoms with Crippen LogP contribution >= 0.6 is 9.47 Å². The van der Waals surface area contributed by atoms with Gasteiger partial charge in [-0.3, -0.25) is 4.79 Å². The third-order valence-corrected chi connectivity index (χ3v) is 3.47. The van der Waals surface area contributed by atoms with Crippen LogP contribution < -0.4 is 0 Å². The molecule has 3 unspecified atom stereocenters. The molecule has 0 aliphatic rings. The van der Waals surface area contributed by atoms with Gasteiger partial charge in [-0.15, -0.1) is 0 Å². The first-order valence-electron chi connectivity index (χ1n) is 6.44. The minimum Gasteiger partial charge on any atom is -0.451 e. The molecule has 0 rings (SSSR count). The van der Waals surface area contributed by atoms with Crippen molar-refractivity contribution >= 4 is 27.9 Å². The quantitative estimate of drug-likeness (QED) is 0.450. The molecule has 5 heteroatoms. The predicted molar refractivity (Wildman–Crippen MR) is 76.5 cm³/mol. The van der Waals surface area contributed by atoms with E-state index in [0.717, 1.165) is 32.1 Å². The third kappa shape index (κ3) is 7.05. The molecule has 100 valence electrons. The van der Waals surface area contributed by atoms with Gasteiger partial charge in [-0.1, -0.05) is 46.0 Å². The fourth-order valence-electron chi connectivity index (χ4n) is 1.97. The van der Waals surface area contributed by atoms with E-state index in [4.69, 9.17) is 16.9 Å². The molecular formula is C12H24NO2PS. The number of hydrogen-bond donors (Lipinski definition) is 0. The minimum atomic E-state index is -0.196. The van der Waals surface area contributed by atoms with Crippen LogP contribution in [0.1, 0.15) is 58.8 Å². The number of carbonyl (C=O) groups is 1. The maximum atomic E-state index is 11.7. The Hall–Kier alpha value is -0.0800. The SMILES string of the molecule is CCCCCCC(C(=O)OP)C(CCC)N=S. The molecule has 0 aliphatic carbocycles. The summed E-state index contributed by atoms with van der Waals surface area (Å²) in [5, 5.41) is 0. The molecule has 0 saturated carbocycles. The van der Waals surface area contributed by atoms with E-state index < -0.39 is 0 Å². The van der Waals surface area contributed by atoms with E-state index in [1.165, 1.54) is 12.8 Å². The Morgan fingerprint density at radius 2 is 1.94 bits per heavy atom. The highest BCUT2D eigenvalue weighted by Crippen LogP contribution is 2.23. The van der Waals surface area contributed by atoms with Crippen molar-refractivity contribution < 1.29 is 9.32 Å². The van der Waals surface area contributed by atoms with Gasteiger partial charge >= 0.3 is 5.97 Å². The highest BCUT2D eigenvalue weighted by molar-refractivity contribution is 7.47. The van der Waals surface area contributed by atoms with Crippen molar-refractivity contribution in [3.05, 3.63) is 0 Å². The molecule has 0 saturated heterocycles. The normalized spacial score (nSPS) is 14.1. The molecule has 0 aromatic rings. The van der Waals surface area contributed by atoms with E-state index >= 15 is 0 Å². The maximum absolute atomic E-state index is 11.7. The molecule has 3 nitrogen and oxygen atoms in total. The Bertz CT molecular complexity index is 227. The maximum Gasteiger partial charge on any atom is 0.313 e. The molecule has 0 heterocycles. The highest BCUT2D eigenvalue weighted by Gasteiger charge is 2.27. The van der Waals surface area contributed by atoms with Gasteiger partial charge in [-0.2, -0.15) is 0 Å². The first-order valence-corrected chi connectivity index (χ1v) is 7.27. The lowest BCUT2D eigenvalue weighted by Gasteiger charge is -2.20. The van der Waals surface area contributed by atoms with Crippen LogP contribution in [0.5, 0.6) is 0 Å². The zero-order chi connectivity index (χ0) is 13.1. The zero-order valence-electron chi connectivity index (χ0n) is 10.9. The van der Waals surface area contributed by atoms with Crippen LogP contribution in [0, 0.1) is 5.92 Å².